The molecule has 0 aliphatic rings. The molecule has 0 fully saturated rings. The molecule has 0 aromatic heterocycles. The smallest absolute Gasteiger partial charge is 0.142 e. The Morgan fingerprint density at radius 1 is 1.06 bits per heavy atom. The van der Waals surface area contributed by atoms with Gasteiger partial charge in [-0.1, -0.05) is 6.04 Å². The van der Waals surface area contributed by atoms with E-state index in [-0.39, 0.29) is 14.9 Å². The summed E-state index contributed by atoms with van der Waals surface area (Å²) in [5.74, 6) is 0. The lowest BCUT2D eigenvalue weighted by Crippen LogP contribution is -2.39. The predicted octanol–water partition coefficient (Wildman–Crippen LogP) is 1.29. The van der Waals surface area contributed by atoms with Crippen molar-refractivity contribution in [2.45, 2.75) is 38.6 Å². The highest BCUT2D eigenvalue weighted by Crippen LogP contribution is 2.13. The Balaban J connectivity index is 3.55. The molecule has 5 heteroatoms. The SMILES string of the molecule is CCOC(C)(OCC)[SiH2]CCCOCCN(C)C. The molecule has 0 N–H and O–H groups in total. The molecule has 4 nitrogen and oxygen atoms in total. The Labute approximate surface area is 115 Å². The quantitative estimate of drug-likeness (QED) is 0.305. The molecule has 0 radical (unpaired) electrons. The molecule has 0 saturated carbocycles. The zero-order chi connectivity index (χ0) is 13.9. The van der Waals surface area contributed by atoms with E-state index in [0.29, 0.717) is 0 Å². The number of ether oxygens (including phenoxy) is 3. The Bertz CT molecular complexity index is 185. The highest BCUT2D eigenvalue weighted by Gasteiger charge is 2.24. The number of nitrogens with zero attached hydrogens (tertiary/aromatic N) is 1. The van der Waals surface area contributed by atoms with E-state index in [9.17, 15) is 0 Å². The van der Waals surface area contributed by atoms with Gasteiger partial charge in [0.15, 0.2) is 0 Å². The molecule has 0 unspecified atom stereocenters. The second-order valence-electron chi connectivity index (χ2n) is 4.87. The van der Waals surface area contributed by atoms with Gasteiger partial charge in [0, 0.05) is 26.4 Å². The van der Waals surface area contributed by atoms with Crippen LogP contribution in [0, 0.1) is 0 Å². The van der Waals surface area contributed by atoms with Gasteiger partial charge < -0.3 is 19.1 Å². The zero-order valence-corrected chi connectivity index (χ0v) is 14.2. The van der Waals surface area contributed by atoms with Crippen LogP contribution in [-0.4, -0.2) is 66.9 Å². The minimum atomic E-state index is -0.378. The Morgan fingerprint density at radius 2 is 1.67 bits per heavy atom. The first-order valence-electron chi connectivity index (χ1n) is 7.04. The first kappa shape index (κ1) is 18.1. The van der Waals surface area contributed by atoms with E-state index in [4.69, 9.17) is 14.2 Å². The van der Waals surface area contributed by atoms with Gasteiger partial charge in [-0.2, -0.15) is 0 Å². The van der Waals surface area contributed by atoms with Gasteiger partial charge in [-0.15, -0.1) is 0 Å². The van der Waals surface area contributed by atoms with Crippen LogP contribution in [-0.2, 0) is 14.2 Å². The zero-order valence-electron chi connectivity index (χ0n) is 12.8. The number of likely N-dealkylation sites (N-methyl/N-ethyl adjacent to an activating group) is 1. The van der Waals surface area contributed by atoms with Crippen LogP contribution in [0.5, 0.6) is 0 Å². The van der Waals surface area contributed by atoms with Crippen LogP contribution in [0.25, 0.3) is 0 Å². The van der Waals surface area contributed by atoms with Crippen LogP contribution >= 0.6 is 0 Å². The summed E-state index contributed by atoms with van der Waals surface area (Å²) in [6.45, 7) is 10.3. The van der Waals surface area contributed by atoms with E-state index in [1.54, 1.807) is 0 Å². The van der Waals surface area contributed by atoms with Gasteiger partial charge in [-0.25, -0.2) is 0 Å². The second-order valence-corrected chi connectivity index (χ2v) is 7.36. The maximum absolute atomic E-state index is 5.72. The van der Waals surface area contributed by atoms with Crippen LogP contribution < -0.4 is 0 Å². The minimum Gasteiger partial charge on any atom is -0.380 e. The van der Waals surface area contributed by atoms with Crippen LogP contribution in [0.2, 0.25) is 6.04 Å². The standard InChI is InChI=1S/C13H31NO3Si/c1-6-16-13(3,17-7-2)18-12-8-10-15-11-9-14(4)5/h6-12,18H2,1-5H3. The molecular weight excluding hydrogens is 246 g/mol. The molecule has 110 valence electrons. The molecule has 0 aromatic carbocycles. The molecule has 0 heterocycles. The summed E-state index contributed by atoms with van der Waals surface area (Å²) in [4.78, 5) is 2.13. The van der Waals surface area contributed by atoms with Crippen molar-refractivity contribution in [1.29, 1.82) is 0 Å². The summed E-state index contributed by atoms with van der Waals surface area (Å²) in [5.41, 5.74) is -0.285. The highest BCUT2D eigenvalue weighted by molar-refractivity contribution is 6.38. The lowest BCUT2D eigenvalue weighted by molar-refractivity contribution is -0.163. The molecule has 18 heavy (non-hydrogen) atoms. The van der Waals surface area contributed by atoms with Gasteiger partial charge >= 0.3 is 0 Å². The van der Waals surface area contributed by atoms with Crippen LogP contribution in [0.4, 0.5) is 0 Å². The van der Waals surface area contributed by atoms with Crippen molar-refractivity contribution in [3.05, 3.63) is 0 Å². The van der Waals surface area contributed by atoms with E-state index >= 15 is 0 Å². The fourth-order valence-corrected chi connectivity index (χ4v) is 3.59. The topological polar surface area (TPSA) is 30.9 Å². The van der Waals surface area contributed by atoms with Crippen molar-refractivity contribution in [3.8, 4) is 0 Å². The van der Waals surface area contributed by atoms with Gasteiger partial charge in [0.1, 0.15) is 5.41 Å². The van der Waals surface area contributed by atoms with Crippen LogP contribution in [0.15, 0.2) is 0 Å². The largest absolute Gasteiger partial charge is 0.380 e. The molecule has 0 spiro atoms. The van der Waals surface area contributed by atoms with Gasteiger partial charge in [0.2, 0.25) is 0 Å². The van der Waals surface area contributed by atoms with E-state index < -0.39 is 0 Å². The van der Waals surface area contributed by atoms with Gasteiger partial charge in [-0.3, -0.25) is 0 Å². The average Bonchev–Trinajstić information content (AvgIpc) is 2.28. The lowest BCUT2D eigenvalue weighted by atomic mass is 10.5. The van der Waals surface area contributed by atoms with E-state index in [0.717, 1.165) is 39.4 Å². The van der Waals surface area contributed by atoms with E-state index in [1.165, 1.54) is 6.04 Å². The molecule has 0 bridgehead atoms. The fraction of sp³-hybridized carbons (Fsp3) is 1.00. The maximum atomic E-state index is 5.72. The highest BCUT2D eigenvalue weighted by atomic mass is 28.2. The number of hydrogen-bond acceptors (Lipinski definition) is 4. The molecule has 0 aromatic rings. The first-order chi connectivity index (χ1) is 8.54. The summed E-state index contributed by atoms with van der Waals surface area (Å²) in [6, 6.07) is 1.21. The third-order valence-corrected chi connectivity index (χ3v) is 4.92. The predicted molar refractivity (Wildman–Crippen MR) is 79.0 cm³/mol. The summed E-state index contributed by atoms with van der Waals surface area (Å²) in [5, 5.41) is 0. The Hall–Kier alpha value is 0.0569. The first-order valence-corrected chi connectivity index (χ1v) is 8.75. The average molecular weight is 277 g/mol. The minimum absolute atomic E-state index is 0.285. The molecule has 0 atom stereocenters. The van der Waals surface area contributed by atoms with Crippen molar-refractivity contribution in [2.75, 3.05) is 47.1 Å². The van der Waals surface area contributed by atoms with Crippen molar-refractivity contribution in [2.24, 2.45) is 0 Å². The number of rotatable bonds is 12. The summed E-state index contributed by atoms with van der Waals surface area (Å²) in [6.07, 6.45) is 1.12. The Morgan fingerprint density at radius 3 is 2.17 bits per heavy atom. The Kier molecular flexibility index (Phi) is 11.0. The molecule has 0 aliphatic heterocycles. The van der Waals surface area contributed by atoms with Crippen molar-refractivity contribution in [1.82, 2.24) is 4.90 Å². The maximum Gasteiger partial charge on any atom is 0.142 e. The van der Waals surface area contributed by atoms with E-state index in [2.05, 4.69) is 25.9 Å². The third kappa shape index (κ3) is 10.0. The van der Waals surface area contributed by atoms with Crippen molar-refractivity contribution < 1.29 is 14.2 Å². The summed E-state index contributed by atoms with van der Waals surface area (Å²) in [7, 11) is 3.74. The molecule has 0 aliphatic carbocycles. The molecule has 0 amide bonds. The van der Waals surface area contributed by atoms with Crippen LogP contribution in [0.1, 0.15) is 27.2 Å². The third-order valence-electron chi connectivity index (χ3n) is 2.75. The van der Waals surface area contributed by atoms with Crippen molar-refractivity contribution in [3.63, 3.8) is 0 Å². The molecule has 0 rings (SSSR count). The molecule has 0 saturated heterocycles. The normalized spacial score (nSPS) is 13.0. The fourth-order valence-electron chi connectivity index (χ4n) is 1.80. The second kappa shape index (κ2) is 10.9. The van der Waals surface area contributed by atoms with Gasteiger partial charge in [0.25, 0.3) is 0 Å². The number of hydrogen-bond donors (Lipinski definition) is 0. The van der Waals surface area contributed by atoms with E-state index in [1.807, 2.05) is 13.8 Å². The van der Waals surface area contributed by atoms with Gasteiger partial charge in [-0.05, 0) is 41.3 Å². The monoisotopic (exact) mass is 277 g/mol. The van der Waals surface area contributed by atoms with Crippen molar-refractivity contribution >= 4 is 9.52 Å². The lowest BCUT2D eigenvalue weighted by Gasteiger charge is -2.29. The molecular formula is C13H31NO3Si. The van der Waals surface area contributed by atoms with Gasteiger partial charge in [0.05, 0.1) is 16.1 Å². The summed E-state index contributed by atoms with van der Waals surface area (Å²) >= 11 is 0. The van der Waals surface area contributed by atoms with Crippen LogP contribution in [0.3, 0.4) is 0 Å². The summed E-state index contributed by atoms with van der Waals surface area (Å²) < 4.78 is 17.0.